The molecular weight excluding hydrogens is 647 g/mol. The molecule has 4 aliphatic rings. The summed E-state index contributed by atoms with van der Waals surface area (Å²) in [6.45, 7) is 8.04. The van der Waals surface area contributed by atoms with Crippen LogP contribution < -0.4 is 9.64 Å². The molecule has 0 saturated carbocycles. The van der Waals surface area contributed by atoms with Crippen molar-refractivity contribution in [1.82, 2.24) is 24.8 Å². The number of fused-ring (bicyclic) bond motifs is 5. The molecule has 12 heteroatoms. The highest BCUT2D eigenvalue weighted by Gasteiger charge is 2.50. The van der Waals surface area contributed by atoms with Gasteiger partial charge in [0.1, 0.15) is 29.2 Å². The van der Waals surface area contributed by atoms with E-state index in [-0.39, 0.29) is 53.6 Å². The molecule has 4 aromatic rings. The van der Waals surface area contributed by atoms with Crippen molar-refractivity contribution in [2.45, 2.75) is 88.6 Å². The first kappa shape index (κ1) is 32.4. The fraction of sp³-hybridized carbons (Fsp3) is 0.514. The molecule has 258 valence electrons. The number of amides is 1. The zero-order chi connectivity index (χ0) is 34.1. The topological polar surface area (TPSA) is 104 Å². The summed E-state index contributed by atoms with van der Waals surface area (Å²) in [6.07, 6.45) is 6.84. The summed E-state index contributed by atoms with van der Waals surface area (Å²) in [5.41, 5.74) is 0.0555. The summed E-state index contributed by atoms with van der Waals surface area (Å²) in [7, 11) is 0. The maximum Gasteiger partial charge on any atom is 0.410 e. The summed E-state index contributed by atoms with van der Waals surface area (Å²) in [4.78, 5) is 33.9. The number of aliphatic hydroxyl groups excluding tert-OH is 1. The molecule has 4 aliphatic heterocycles. The summed E-state index contributed by atoms with van der Waals surface area (Å²) in [6, 6.07) is 11.3. The van der Waals surface area contributed by atoms with Gasteiger partial charge in [-0.2, -0.15) is 9.97 Å². The van der Waals surface area contributed by atoms with Crippen LogP contribution in [0.5, 0.6) is 6.01 Å². The Morgan fingerprint density at radius 1 is 1.08 bits per heavy atom. The number of pyridine rings is 1. The number of halogens is 2. The molecule has 2 unspecified atom stereocenters. The first-order valence-electron chi connectivity index (χ1n) is 17.4. The van der Waals surface area contributed by atoms with Gasteiger partial charge >= 0.3 is 12.1 Å². The molecule has 0 spiro atoms. The molecule has 4 fully saturated rings. The summed E-state index contributed by atoms with van der Waals surface area (Å²) in [5, 5.41) is 12.6. The Morgan fingerprint density at radius 2 is 1.84 bits per heavy atom. The Balaban J connectivity index is 1.19. The van der Waals surface area contributed by atoms with E-state index in [4.69, 9.17) is 31.0 Å². The lowest BCUT2D eigenvalue weighted by Gasteiger charge is -2.42. The molecule has 2 aromatic heterocycles. The molecule has 8 rings (SSSR count). The van der Waals surface area contributed by atoms with Crippen LogP contribution in [0.25, 0.3) is 32.9 Å². The third-order valence-electron chi connectivity index (χ3n) is 10.9. The second kappa shape index (κ2) is 12.2. The van der Waals surface area contributed by atoms with Crippen molar-refractivity contribution in [1.29, 1.82) is 0 Å². The number of carbonyl (C=O) groups excluding carboxylic acids is 1. The molecule has 4 atom stereocenters. The van der Waals surface area contributed by atoms with Crippen LogP contribution in [0.4, 0.5) is 15.0 Å². The number of rotatable bonds is 6. The Labute approximate surface area is 290 Å². The van der Waals surface area contributed by atoms with E-state index >= 15 is 4.39 Å². The molecule has 2 aromatic carbocycles. The van der Waals surface area contributed by atoms with E-state index < -0.39 is 11.4 Å². The molecule has 2 bridgehead atoms. The van der Waals surface area contributed by atoms with Gasteiger partial charge in [0.15, 0.2) is 5.82 Å². The highest BCUT2D eigenvalue weighted by molar-refractivity contribution is 6.36. The minimum absolute atomic E-state index is 0.0715. The van der Waals surface area contributed by atoms with Gasteiger partial charge in [-0.15, -0.1) is 0 Å². The minimum atomic E-state index is -0.594. The predicted octanol–water partition coefficient (Wildman–Crippen LogP) is 6.59. The fourth-order valence-corrected chi connectivity index (χ4v) is 8.98. The van der Waals surface area contributed by atoms with Gasteiger partial charge in [-0.3, -0.25) is 14.8 Å². The van der Waals surface area contributed by atoms with Gasteiger partial charge in [-0.25, -0.2) is 9.18 Å². The minimum Gasteiger partial charge on any atom is -0.461 e. The van der Waals surface area contributed by atoms with E-state index in [2.05, 4.69) is 14.8 Å². The number of ether oxygens (including phenoxy) is 2. The smallest absolute Gasteiger partial charge is 0.410 e. The van der Waals surface area contributed by atoms with E-state index in [1.165, 1.54) is 0 Å². The Kier molecular flexibility index (Phi) is 8.07. The van der Waals surface area contributed by atoms with Crippen molar-refractivity contribution in [3.8, 4) is 17.3 Å². The molecular formula is C37H42ClFN6O4. The van der Waals surface area contributed by atoms with Gasteiger partial charge in [-0.1, -0.05) is 41.9 Å². The van der Waals surface area contributed by atoms with Crippen molar-refractivity contribution in [3.05, 3.63) is 53.4 Å². The average Bonchev–Trinajstić information content (AvgIpc) is 3.72. The van der Waals surface area contributed by atoms with E-state index in [1.807, 2.05) is 56.0 Å². The van der Waals surface area contributed by atoms with Crippen LogP contribution in [0.3, 0.4) is 0 Å². The molecule has 1 N–H and O–H groups in total. The molecule has 10 nitrogen and oxygen atoms in total. The molecule has 1 amide bonds. The van der Waals surface area contributed by atoms with Crippen LogP contribution in [0.15, 0.2) is 42.6 Å². The maximum atomic E-state index is 16.9. The van der Waals surface area contributed by atoms with Crippen molar-refractivity contribution in [2.75, 3.05) is 37.7 Å². The summed E-state index contributed by atoms with van der Waals surface area (Å²) < 4.78 is 29.1. The van der Waals surface area contributed by atoms with Crippen molar-refractivity contribution in [3.63, 3.8) is 0 Å². The van der Waals surface area contributed by atoms with E-state index in [9.17, 15) is 9.90 Å². The average molecular weight is 689 g/mol. The quantitative estimate of drug-likeness (QED) is 0.240. The van der Waals surface area contributed by atoms with E-state index in [0.29, 0.717) is 41.5 Å². The van der Waals surface area contributed by atoms with Crippen LogP contribution in [-0.4, -0.2) is 98.1 Å². The highest BCUT2D eigenvalue weighted by atomic mass is 35.5. The van der Waals surface area contributed by atoms with Gasteiger partial charge in [0.2, 0.25) is 0 Å². The van der Waals surface area contributed by atoms with Crippen LogP contribution in [-0.2, 0) is 4.74 Å². The van der Waals surface area contributed by atoms with Gasteiger partial charge in [-0.05, 0) is 77.3 Å². The maximum absolute atomic E-state index is 16.9. The monoisotopic (exact) mass is 688 g/mol. The zero-order valence-corrected chi connectivity index (χ0v) is 28.9. The van der Waals surface area contributed by atoms with Gasteiger partial charge in [0.25, 0.3) is 0 Å². The van der Waals surface area contributed by atoms with Crippen molar-refractivity contribution < 1.29 is 23.8 Å². The third-order valence-corrected chi connectivity index (χ3v) is 11.2. The lowest BCUT2D eigenvalue weighted by Crippen LogP contribution is -2.57. The van der Waals surface area contributed by atoms with Crippen LogP contribution in [0.1, 0.15) is 59.3 Å². The SMILES string of the molecule is CC(C)(C)OC(=O)N1[C@@H]2CC[C@H]1CN(c1nc(OCC34CCCN3C(CO)CC4)nc3c(F)c(-c4cccc5cccc(Cl)c45)ncc13)C2. The van der Waals surface area contributed by atoms with Gasteiger partial charge in [0, 0.05) is 41.3 Å². The molecule has 0 aliphatic carbocycles. The lowest BCUT2D eigenvalue weighted by molar-refractivity contribution is 0.0122. The third kappa shape index (κ3) is 5.63. The first-order chi connectivity index (χ1) is 23.5. The number of nitrogens with zero attached hydrogens (tertiary/aromatic N) is 6. The van der Waals surface area contributed by atoms with Gasteiger partial charge < -0.3 is 19.5 Å². The lowest BCUT2D eigenvalue weighted by atomic mass is 9.95. The first-order valence-corrected chi connectivity index (χ1v) is 17.7. The summed E-state index contributed by atoms with van der Waals surface area (Å²) >= 11 is 6.65. The zero-order valence-electron chi connectivity index (χ0n) is 28.2. The number of hydrogen-bond donors (Lipinski definition) is 1. The van der Waals surface area contributed by atoms with Gasteiger partial charge in [0.05, 0.1) is 29.6 Å². The van der Waals surface area contributed by atoms with E-state index in [0.717, 1.165) is 55.8 Å². The van der Waals surface area contributed by atoms with Crippen LogP contribution >= 0.6 is 11.6 Å². The largest absolute Gasteiger partial charge is 0.461 e. The van der Waals surface area contributed by atoms with E-state index in [1.54, 1.807) is 12.3 Å². The van der Waals surface area contributed by atoms with Crippen molar-refractivity contribution >= 4 is 45.2 Å². The second-order valence-corrected chi connectivity index (χ2v) is 15.4. The number of carbonyl (C=O) groups is 1. The molecule has 49 heavy (non-hydrogen) atoms. The standard InChI is InChI=1S/C37H42ClFN6O4/c1-36(2,3)49-35(47)45-23-11-12-24(45)19-43(18-23)33-27-17-40-31(26-9-4-7-22-8-5-10-28(38)29(22)26)30(39)32(27)41-34(42-33)48-21-37-14-6-16-44(37)25(20-46)13-15-37/h4-5,7-10,17,23-25,46H,6,11-16,18-21H2,1-3H3/t23-,24+,25?,37?. The Hall–Kier alpha value is -3.80. The molecule has 0 radical (unpaired) electrons. The highest BCUT2D eigenvalue weighted by Crippen LogP contribution is 2.43. The number of aromatic nitrogens is 3. The molecule has 4 saturated heterocycles. The second-order valence-electron chi connectivity index (χ2n) is 15.0. The molecule has 6 heterocycles. The number of aliphatic hydroxyl groups is 1. The Morgan fingerprint density at radius 3 is 2.57 bits per heavy atom. The fourth-order valence-electron chi connectivity index (χ4n) is 8.70. The number of benzene rings is 2. The predicted molar refractivity (Wildman–Crippen MR) is 187 cm³/mol. The number of anilines is 1. The van der Waals surface area contributed by atoms with Crippen molar-refractivity contribution in [2.24, 2.45) is 0 Å². The number of hydrogen-bond acceptors (Lipinski definition) is 9. The Bertz CT molecular complexity index is 1920. The van der Waals surface area contributed by atoms with Crippen LogP contribution in [0.2, 0.25) is 5.02 Å². The number of piperazine rings is 1. The summed E-state index contributed by atoms with van der Waals surface area (Å²) in [5.74, 6) is -0.0364. The normalized spacial score (nSPS) is 25.4. The van der Waals surface area contributed by atoms with Crippen LogP contribution in [0, 0.1) is 5.82 Å².